The zero-order valence-electron chi connectivity index (χ0n) is 15.8. The molecule has 1 fully saturated rings. The number of carbonyl (C=O) groups is 2. The van der Waals surface area contributed by atoms with Crippen LogP contribution in [0.25, 0.3) is 0 Å². The quantitative estimate of drug-likeness (QED) is 0.776. The molecule has 2 aromatic rings. The standard InChI is InChI=1S/C19H22N6O4/c26-17(13-24-6-8-25(9-7-24)18-20-4-1-5-21-18)23-19(27)22-14-2-3-15-16(12-14)29-11-10-28-15/h1-5,12H,6-11,13H2,(H2,22,23,26,27). The molecule has 1 saturated heterocycles. The van der Waals surface area contributed by atoms with Crippen LogP contribution >= 0.6 is 0 Å². The van der Waals surface area contributed by atoms with Crippen molar-refractivity contribution in [1.82, 2.24) is 20.2 Å². The maximum Gasteiger partial charge on any atom is 0.325 e. The molecule has 10 heteroatoms. The van der Waals surface area contributed by atoms with Crippen molar-refractivity contribution in [3.05, 3.63) is 36.7 Å². The molecule has 0 unspecified atom stereocenters. The van der Waals surface area contributed by atoms with Crippen LogP contribution in [-0.4, -0.2) is 72.7 Å². The fourth-order valence-electron chi connectivity index (χ4n) is 3.21. The van der Waals surface area contributed by atoms with E-state index in [-0.39, 0.29) is 12.5 Å². The molecule has 2 aliphatic heterocycles. The third kappa shape index (κ3) is 4.91. The van der Waals surface area contributed by atoms with Gasteiger partial charge in [-0.2, -0.15) is 0 Å². The smallest absolute Gasteiger partial charge is 0.325 e. The lowest BCUT2D eigenvalue weighted by molar-refractivity contribution is -0.121. The van der Waals surface area contributed by atoms with Crippen LogP contribution in [0.15, 0.2) is 36.7 Å². The number of aromatic nitrogens is 2. The van der Waals surface area contributed by atoms with Crippen LogP contribution in [0.5, 0.6) is 11.5 Å². The zero-order chi connectivity index (χ0) is 20.1. The summed E-state index contributed by atoms with van der Waals surface area (Å²) in [6.45, 7) is 3.94. The van der Waals surface area contributed by atoms with Gasteiger partial charge >= 0.3 is 6.03 Å². The lowest BCUT2D eigenvalue weighted by Gasteiger charge is -2.34. The molecule has 2 N–H and O–H groups in total. The van der Waals surface area contributed by atoms with Gasteiger partial charge in [0.1, 0.15) is 13.2 Å². The molecular formula is C19H22N6O4. The first-order chi connectivity index (χ1) is 14.2. The van der Waals surface area contributed by atoms with Gasteiger partial charge in [0.25, 0.3) is 0 Å². The second-order valence-corrected chi connectivity index (χ2v) is 6.67. The summed E-state index contributed by atoms with van der Waals surface area (Å²) >= 11 is 0. The monoisotopic (exact) mass is 398 g/mol. The van der Waals surface area contributed by atoms with E-state index in [2.05, 4.69) is 25.5 Å². The summed E-state index contributed by atoms with van der Waals surface area (Å²) in [5.74, 6) is 1.54. The van der Waals surface area contributed by atoms with Crippen LogP contribution in [0.4, 0.5) is 16.4 Å². The van der Waals surface area contributed by atoms with E-state index < -0.39 is 6.03 Å². The second kappa shape index (κ2) is 8.74. The molecule has 1 aromatic heterocycles. The number of nitrogens with one attached hydrogen (secondary N) is 2. The topological polar surface area (TPSA) is 109 Å². The average Bonchev–Trinajstić information content (AvgIpc) is 2.74. The molecule has 10 nitrogen and oxygen atoms in total. The first-order valence-electron chi connectivity index (χ1n) is 9.42. The van der Waals surface area contributed by atoms with Crippen LogP contribution in [0.2, 0.25) is 0 Å². The number of imide groups is 1. The Hall–Kier alpha value is -3.40. The van der Waals surface area contributed by atoms with Gasteiger partial charge in [0.2, 0.25) is 11.9 Å². The Balaban J connectivity index is 1.22. The fraction of sp³-hybridized carbons (Fsp3) is 0.368. The van der Waals surface area contributed by atoms with Crippen molar-refractivity contribution in [3.8, 4) is 11.5 Å². The number of fused-ring (bicyclic) bond motifs is 1. The molecular weight excluding hydrogens is 376 g/mol. The van der Waals surface area contributed by atoms with Gasteiger partial charge in [0, 0.05) is 50.3 Å². The minimum atomic E-state index is -0.581. The van der Waals surface area contributed by atoms with Gasteiger partial charge in [-0.1, -0.05) is 0 Å². The molecule has 0 aliphatic carbocycles. The Morgan fingerprint density at radius 1 is 1.00 bits per heavy atom. The first kappa shape index (κ1) is 18.9. The molecule has 0 saturated carbocycles. The van der Waals surface area contributed by atoms with Crippen molar-refractivity contribution < 1.29 is 19.1 Å². The Kier molecular flexibility index (Phi) is 5.71. The second-order valence-electron chi connectivity index (χ2n) is 6.67. The number of anilines is 2. The van der Waals surface area contributed by atoms with Gasteiger partial charge in [-0.3, -0.25) is 15.0 Å². The number of benzene rings is 1. The fourth-order valence-corrected chi connectivity index (χ4v) is 3.21. The normalized spacial score (nSPS) is 16.2. The van der Waals surface area contributed by atoms with Crippen LogP contribution in [0, 0.1) is 0 Å². The SMILES string of the molecule is O=C(CN1CCN(c2ncccn2)CC1)NC(=O)Nc1ccc2c(c1)OCCO2. The highest BCUT2D eigenvalue weighted by Gasteiger charge is 2.21. The zero-order valence-corrected chi connectivity index (χ0v) is 15.8. The van der Waals surface area contributed by atoms with Crippen LogP contribution in [0.1, 0.15) is 0 Å². The van der Waals surface area contributed by atoms with Gasteiger partial charge < -0.3 is 19.7 Å². The van der Waals surface area contributed by atoms with Crippen LogP contribution < -0.4 is 25.0 Å². The van der Waals surface area contributed by atoms with E-state index in [9.17, 15) is 9.59 Å². The van der Waals surface area contributed by atoms with E-state index in [4.69, 9.17) is 9.47 Å². The van der Waals surface area contributed by atoms with Gasteiger partial charge in [0.05, 0.1) is 6.54 Å². The molecule has 0 spiro atoms. The van der Waals surface area contributed by atoms with Crippen molar-refractivity contribution >= 4 is 23.6 Å². The molecule has 0 radical (unpaired) electrons. The molecule has 152 valence electrons. The molecule has 3 amide bonds. The average molecular weight is 398 g/mol. The van der Waals surface area contributed by atoms with Gasteiger partial charge in [-0.25, -0.2) is 14.8 Å². The van der Waals surface area contributed by atoms with Crippen molar-refractivity contribution in [2.24, 2.45) is 0 Å². The Morgan fingerprint density at radius 2 is 1.72 bits per heavy atom. The Morgan fingerprint density at radius 3 is 2.48 bits per heavy atom. The number of nitrogens with zero attached hydrogens (tertiary/aromatic N) is 4. The first-order valence-corrected chi connectivity index (χ1v) is 9.42. The van der Waals surface area contributed by atoms with Crippen LogP contribution in [-0.2, 0) is 4.79 Å². The van der Waals surface area contributed by atoms with E-state index in [0.717, 1.165) is 13.1 Å². The van der Waals surface area contributed by atoms with Crippen molar-refractivity contribution in [1.29, 1.82) is 0 Å². The third-order valence-electron chi connectivity index (χ3n) is 4.63. The summed E-state index contributed by atoms with van der Waals surface area (Å²) in [6, 6.07) is 6.29. The number of amides is 3. The summed E-state index contributed by atoms with van der Waals surface area (Å²) in [5.41, 5.74) is 0.524. The summed E-state index contributed by atoms with van der Waals surface area (Å²) in [4.78, 5) is 36.9. The molecule has 0 bridgehead atoms. The lowest BCUT2D eigenvalue weighted by Crippen LogP contribution is -2.50. The highest BCUT2D eigenvalue weighted by atomic mass is 16.6. The van der Waals surface area contributed by atoms with E-state index in [1.54, 1.807) is 36.7 Å². The number of piperazine rings is 1. The van der Waals surface area contributed by atoms with E-state index in [1.165, 1.54) is 0 Å². The molecule has 1 aromatic carbocycles. The number of hydrogen-bond donors (Lipinski definition) is 2. The van der Waals surface area contributed by atoms with Gasteiger partial charge in [-0.15, -0.1) is 0 Å². The summed E-state index contributed by atoms with van der Waals surface area (Å²) < 4.78 is 10.9. The molecule has 29 heavy (non-hydrogen) atoms. The Labute approximate surface area is 167 Å². The largest absolute Gasteiger partial charge is 0.486 e. The van der Waals surface area contributed by atoms with E-state index in [0.29, 0.717) is 49.4 Å². The van der Waals surface area contributed by atoms with Crippen molar-refractivity contribution in [2.45, 2.75) is 0 Å². The maximum absolute atomic E-state index is 12.2. The Bertz CT molecular complexity index is 870. The minimum absolute atomic E-state index is 0.151. The minimum Gasteiger partial charge on any atom is -0.486 e. The van der Waals surface area contributed by atoms with E-state index in [1.807, 2.05) is 4.90 Å². The highest BCUT2D eigenvalue weighted by Crippen LogP contribution is 2.32. The number of ether oxygens (including phenoxy) is 2. The van der Waals surface area contributed by atoms with Gasteiger partial charge in [0.15, 0.2) is 11.5 Å². The maximum atomic E-state index is 12.2. The molecule has 3 heterocycles. The van der Waals surface area contributed by atoms with Crippen molar-refractivity contribution in [2.75, 3.05) is 56.2 Å². The highest BCUT2D eigenvalue weighted by molar-refractivity contribution is 6.01. The predicted octanol–water partition coefficient (Wildman–Crippen LogP) is 0.718. The predicted molar refractivity (Wildman–Crippen MR) is 105 cm³/mol. The summed E-state index contributed by atoms with van der Waals surface area (Å²) in [6.07, 6.45) is 3.42. The van der Waals surface area contributed by atoms with Crippen molar-refractivity contribution in [3.63, 3.8) is 0 Å². The molecule has 2 aliphatic rings. The summed E-state index contributed by atoms with van der Waals surface area (Å²) in [5, 5.41) is 5.00. The van der Waals surface area contributed by atoms with Gasteiger partial charge in [-0.05, 0) is 18.2 Å². The third-order valence-corrected chi connectivity index (χ3v) is 4.63. The van der Waals surface area contributed by atoms with E-state index >= 15 is 0 Å². The summed E-state index contributed by atoms with van der Waals surface area (Å²) in [7, 11) is 0. The molecule has 4 rings (SSSR count). The number of hydrogen-bond acceptors (Lipinski definition) is 8. The van der Waals surface area contributed by atoms with Crippen LogP contribution in [0.3, 0.4) is 0 Å². The molecule has 0 atom stereocenters. The number of carbonyl (C=O) groups excluding carboxylic acids is 2. The number of rotatable bonds is 4. The lowest BCUT2D eigenvalue weighted by atomic mass is 10.2. The number of urea groups is 1.